The zero-order valence-electron chi connectivity index (χ0n) is 13.3. The summed E-state index contributed by atoms with van der Waals surface area (Å²) in [6.45, 7) is 9.65. The summed E-state index contributed by atoms with van der Waals surface area (Å²) in [5.41, 5.74) is 5.54. The molecule has 1 heterocycles. The van der Waals surface area contributed by atoms with Gasteiger partial charge in [0.05, 0.1) is 0 Å². The summed E-state index contributed by atoms with van der Waals surface area (Å²) in [5.74, 6) is 0. The van der Waals surface area contributed by atoms with Gasteiger partial charge in [-0.2, -0.15) is 0 Å². The number of likely N-dealkylation sites (tertiary alicyclic amines) is 1. The van der Waals surface area contributed by atoms with Gasteiger partial charge >= 0.3 is 6.09 Å². The van der Waals surface area contributed by atoms with Crippen molar-refractivity contribution in [1.82, 2.24) is 10.2 Å². The summed E-state index contributed by atoms with van der Waals surface area (Å²) < 4.78 is 5.18. The summed E-state index contributed by atoms with van der Waals surface area (Å²) in [4.78, 5) is 13.9. The zero-order valence-corrected chi connectivity index (χ0v) is 13.3. The number of piperidine rings is 1. The second kappa shape index (κ2) is 8.47. The molecule has 1 rings (SSSR count). The minimum Gasteiger partial charge on any atom is -0.444 e. The first-order valence-electron chi connectivity index (χ1n) is 7.81. The van der Waals surface area contributed by atoms with Crippen molar-refractivity contribution in [2.24, 2.45) is 5.73 Å². The fourth-order valence-electron chi connectivity index (χ4n) is 2.44. The lowest BCUT2D eigenvalue weighted by Crippen LogP contribution is -2.43. The van der Waals surface area contributed by atoms with E-state index < -0.39 is 5.60 Å². The maximum absolute atomic E-state index is 11.4. The molecular weight excluding hydrogens is 254 g/mol. The van der Waals surface area contributed by atoms with Crippen LogP contribution >= 0.6 is 0 Å². The van der Waals surface area contributed by atoms with E-state index in [1.165, 1.54) is 19.4 Å². The van der Waals surface area contributed by atoms with Crippen LogP contribution in [0.4, 0.5) is 4.79 Å². The van der Waals surface area contributed by atoms with Crippen molar-refractivity contribution in [1.29, 1.82) is 0 Å². The topological polar surface area (TPSA) is 67.6 Å². The highest BCUT2D eigenvalue weighted by atomic mass is 16.6. The minimum absolute atomic E-state index is 0.320. The minimum atomic E-state index is -0.420. The predicted octanol–water partition coefficient (Wildman–Crippen LogP) is 2.10. The zero-order chi connectivity index (χ0) is 15.0. The van der Waals surface area contributed by atoms with Crippen LogP contribution in [0.3, 0.4) is 0 Å². The first kappa shape index (κ1) is 17.2. The third-order valence-electron chi connectivity index (χ3n) is 3.36. The Labute approximate surface area is 123 Å². The predicted molar refractivity (Wildman–Crippen MR) is 81.7 cm³/mol. The molecule has 1 amide bonds. The number of unbranched alkanes of at least 4 members (excludes halogenated alkanes) is 2. The lowest BCUT2D eigenvalue weighted by molar-refractivity contribution is 0.0527. The van der Waals surface area contributed by atoms with Crippen molar-refractivity contribution in [3.8, 4) is 0 Å². The molecule has 20 heavy (non-hydrogen) atoms. The molecule has 3 N–H and O–H groups in total. The molecule has 0 spiro atoms. The molecule has 0 aromatic heterocycles. The summed E-state index contributed by atoms with van der Waals surface area (Å²) in [7, 11) is 0. The molecule has 1 aliphatic heterocycles. The molecule has 5 nitrogen and oxygen atoms in total. The molecule has 1 atom stereocenters. The van der Waals surface area contributed by atoms with Gasteiger partial charge in [-0.05, 0) is 59.5 Å². The van der Waals surface area contributed by atoms with Crippen molar-refractivity contribution >= 4 is 6.09 Å². The molecule has 0 bridgehead atoms. The second-order valence-corrected chi connectivity index (χ2v) is 6.69. The number of rotatable bonds is 6. The molecule has 1 aliphatic rings. The van der Waals surface area contributed by atoms with E-state index in [9.17, 15) is 4.79 Å². The molecule has 118 valence electrons. The highest BCUT2D eigenvalue weighted by Crippen LogP contribution is 2.09. The van der Waals surface area contributed by atoms with Crippen LogP contribution in [-0.2, 0) is 4.74 Å². The smallest absolute Gasteiger partial charge is 0.407 e. The highest BCUT2D eigenvalue weighted by Gasteiger charge is 2.16. The molecule has 1 saturated heterocycles. The van der Waals surface area contributed by atoms with E-state index in [-0.39, 0.29) is 6.09 Å². The number of carbonyl (C=O) groups excluding carboxylic acids is 1. The number of ether oxygens (including phenoxy) is 1. The van der Waals surface area contributed by atoms with E-state index in [0.29, 0.717) is 12.6 Å². The number of nitrogens with zero attached hydrogens (tertiary/aromatic N) is 1. The monoisotopic (exact) mass is 285 g/mol. The molecule has 5 heteroatoms. The molecular formula is C15H31N3O2. The average molecular weight is 285 g/mol. The maximum atomic E-state index is 11.4. The summed E-state index contributed by atoms with van der Waals surface area (Å²) in [6.07, 6.45) is 5.36. The summed E-state index contributed by atoms with van der Waals surface area (Å²) in [6, 6.07) is 0.359. The molecule has 0 saturated carbocycles. The van der Waals surface area contributed by atoms with Gasteiger partial charge in [-0.15, -0.1) is 0 Å². The van der Waals surface area contributed by atoms with Crippen LogP contribution in [0, 0.1) is 0 Å². The molecule has 0 aliphatic carbocycles. The first-order valence-corrected chi connectivity index (χ1v) is 7.81. The SMILES string of the molecule is CC(C)(C)OC(=O)NCCCCCN1CCC[C@H](N)C1. The molecule has 0 aromatic carbocycles. The lowest BCUT2D eigenvalue weighted by atomic mass is 10.1. The van der Waals surface area contributed by atoms with Crippen LogP contribution in [-0.4, -0.2) is 48.8 Å². The van der Waals surface area contributed by atoms with Crippen LogP contribution in [0.2, 0.25) is 0 Å². The molecule has 0 unspecified atom stereocenters. The van der Waals surface area contributed by atoms with E-state index in [0.717, 1.165) is 32.4 Å². The van der Waals surface area contributed by atoms with Gasteiger partial charge in [-0.1, -0.05) is 6.42 Å². The number of alkyl carbamates (subject to hydrolysis) is 1. The van der Waals surface area contributed by atoms with Crippen LogP contribution in [0.5, 0.6) is 0 Å². The normalized spacial score (nSPS) is 20.7. The average Bonchev–Trinajstić information content (AvgIpc) is 2.31. The van der Waals surface area contributed by atoms with Gasteiger partial charge < -0.3 is 20.7 Å². The van der Waals surface area contributed by atoms with Crippen LogP contribution in [0.25, 0.3) is 0 Å². The summed E-state index contributed by atoms with van der Waals surface area (Å²) in [5, 5.41) is 2.79. The Morgan fingerprint density at radius 2 is 2.10 bits per heavy atom. The van der Waals surface area contributed by atoms with E-state index in [2.05, 4.69) is 10.2 Å². The second-order valence-electron chi connectivity index (χ2n) is 6.69. The van der Waals surface area contributed by atoms with Crippen molar-refractivity contribution < 1.29 is 9.53 Å². The van der Waals surface area contributed by atoms with Gasteiger partial charge in [0, 0.05) is 19.1 Å². The Morgan fingerprint density at radius 3 is 2.75 bits per heavy atom. The first-order chi connectivity index (χ1) is 9.37. The van der Waals surface area contributed by atoms with Gasteiger partial charge in [0.15, 0.2) is 0 Å². The fourth-order valence-corrected chi connectivity index (χ4v) is 2.44. The van der Waals surface area contributed by atoms with Crippen LogP contribution < -0.4 is 11.1 Å². The summed E-state index contributed by atoms with van der Waals surface area (Å²) >= 11 is 0. The highest BCUT2D eigenvalue weighted by molar-refractivity contribution is 5.67. The van der Waals surface area contributed by atoms with Crippen LogP contribution in [0.15, 0.2) is 0 Å². The number of carbonyl (C=O) groups is 1. The van der Waals surface area contributed by atoms with Gasteiger partial charge in [0.2, 0.25) is 0 Å². The number of hydrogen-bond acceptors (Lipinski definition) is 4. The molecule has 1 fully saturated rings. The Morgan fingerprint density at radius 1 is 1.35 bits per heavy atom. The number of nitrogens with two attached hydrogens (primary N) is 1. The Balaban J connectivity index is 1.96. The Hall–Kier alpha value is -0.810. The van der Waals surface area contributed by atoms with E-state index in [1.54, 1.807) is 0 Å². The van der Waals surface area contributed by atoms with Crippen molar-refractivity contribution in [3.63, 3.8) is 0 Å². The van der Waals surface area contributed by atoms with Gasteiger partial charge in [-0.3, -0.25) is 0 Å². The van der Waals surface area contributed by atoms with Gasteiger partial charge in [-0.25, -0.2) is 4.79 Å². The Kier molecular flexibility index (Phi) is 7.30. The van der Waals surface area contributed by atoms with E-state index >= 15 is 0 Å². The van der Waals surface area contributed by atoms with Crippen molar-refractivity contribution in [3.05, 3.63) is 0 Å². The Bertz CT molecular complexity index is 289. The van der Waals surface area contributed by atoms with Gasteiger partial charge in [0.25, 0.3) is 0 Å². The van der Waals surface area contributed by atoms with Gasteiger partial charge in [0.1, 0.15) is 5.60 Å². The molecule has 0 aromatic rings. The molecule has 0 radical (unpaired) electrons. The van der Waals surface area contributed by atoms with Crippen molar-refractivity contribution in [2.45, 2.75) is 64.5 Å². The van der Waals surface area contributed by atoms with Crippen molar-refractivity contribution in [2.75, 3.05) is 26.2 Å². The van der Waals surface area contributed by atoms with E-state index in [4.69, 9.17) is 10.5 Å². The maximum Gasteiger partial charge on any atom is 0.407 e. The number of nitrogens with one attached hydrogen (secondary N) is 1. The number of amides is 1. The van der Waals surface area contributed by atoms with E-state index in [1.807, 2.05) is 20.8 Å². The number of hydrogen-bond donors (Lipinski definition) is 2. The lowest BCUT2D eigenvalue weighted by Gasteiger charge is -2.30. The van der Waals surface area contributed by atoms with Crippen LogP contribution in [0.1, 0.15) is 52.9 Å². The quantitative estimate of drug-likeness (QED) is 0.733. The fraction of sp³-hybridized carbons (Fsp3) is 0.933. The third-order valence-corrected chi connectivity index (χ3v) is 3.36. The largest absolute Gasteiger partial charge is 0.444 e. The third kappa shape index (κ3) is 8.38. The standard InChI is InChI=1S/C15H31N3O2/c1-15(2,3)20-14(19)17-9-5-4-6-10-18-11-7-8-13(16)12-18/h13H,4-12,16H2,1-3H3,(H,17,19)/t13-/m0/s1.